The van der Waals surface area contributed by atoms with Gasteiger partial charge in [0.25, 0.3) is 0 Å². The van der Waals surface area contributed by atoms with Gasteiger partial charge in [-0.15, -0.1) is 0 Å². The van der Waals surface area contributed by atoms with Gasteiger partial charge in [-0.1, -0.05) is 19.3 Å². The Bertz CT molecular complexity index is 279. The Labute approximate surface area is 116 Å². The molecule has 0 aromatic carbocycles. The molecule has 0 spiro atoms. The molecule has 0 saturated heterocycles. The zero-order chi connectivity index (χ0) is 12.8. The van der Waals surface area contributed by atoms with Crippen LogP contribution >= 0.6 is 11.8 Å². The maximum Gasteiger partial charge on any atom is 0.0672 e. The summed E-state index contributed by atoms with van der Waals surface area (Å²) >= 11 is 2.02. The lowest BCUT2D eigenvalue weighted by Gasteiger charge is -2.32. The molecule has 0 aromatic rings. The van der Waals surface area contributed by atoms with Gasteiger partial charge >= 0.3 is 0 Å². The third-order valence-electron chi connectivity index (χ3n) is 4.64. The molecule has 2 aliphatic rings. The maximum absolute atomic E-state index is 9.30. The van der Waals surface area contributed by atoms with Crippen LogP contribution < -0.4 is 5.32 Å². The summed E-state index contributed by atoms with van der Waals surface area (Å²) in [6.45, 7) is 0. The van der Waals surface area contributed by atoms with E-state index in [4.69, 9.17) is 0 Å². The van der Waals surface area contributed by atoms with Gasteiger partial charge < -0.3 is 5.32 Å². The molecule has 2 aliphatic carbocycles. The first-order valence-corrected chi connectivity index (χ1v) is 8.80. The second-order valence-corrected chi connectivity index (χ2v) is 6.99. The van der Waals surface area contributed by atoms with Crippen molar-refractivity contribution in [3.05, 3.63) is 0 Å². The molecule has 0 aromatic heterocycles. The quantitative estimate of drug-likeness (QED) is 0.791. The molecule has 2 rings (SSSR count). The Morgan fingerprint density at radius 1 is 1.00 bits per heavy atom. The lowest BCUT2D eigenvalue weighted by Crippen LogP contribution is -2.44. The summed E-state index contributed by atoms with van der Waals surface area (Å²) in [6.07, 6.45) is 13.7. The molecule has 0 aliphatic heterocycles. The van der Waals surface area contributed by atoms with E-state index in [1.807, 2.05) is 11.8 Å². The molecule has 2 nitrogen and oxygen atoms in total. The molecular weight excluding hydrogens is 240 g/mol. The zero-order valence-corrected chi connectivity index (χ0v) is 12.3. The largest absolute Gasteiger partial charge is 0.310 e. The Balaban J connectivity index is 1.82. The normalized spacial score (nSPS) is 37.8. The first-order valence-electron chi connectivity index (χ1n) is 7.52. The van der Waals surface area contributed by atoms with E-state index < -0.39 is 0 Å². The van der Waals surface area contributed by atoms with E-state index in [0.29, 0.717) is 12.1 Å². The molecule has 0 amide bonds. The van der Waals surface area contributed by atoms with Gasteiger partial charge in [0.2, 0.25) is 0 Å². The zero-order valence-electron chi connectivity index (χ0n) is 11.5. The van der Waals surface area contributed by atoms with Crippen molar-refractivity contribution in [2.75, 3.05) is 6.26 Å². The van der Waals surface area contributed by atoms with Crippen molar-refractivity contribution in [3.63, 3.8) is 0 Å². The highest BCUT2D eigenvalue weighted by Gasteiger charge is 2.27. The second-order valence-electron chi connectivity index (χ2n) is 5.86. The predicted molar refractivity (Wildman–Crippen MR) is 78.7 cm³/mol. The SMILES string of the molecule is CSC1CCC(NC2CCCCCC2C#N)CC1. The minimum atomic E-state index is 0.255. The molecule has 1 N–H and O–H groups in total. The van der Waals surface area contributed by atoms with Crippen LogP contribution in [0.15, 0.2) is 0 Å². The lowest BCUT2D eigenvalue weighted by molar-refractivity contribution is 0.298. The fourth-order valence-corrected chi connectivity index (χ4v) is 4.17. The number of thioether (sulfide) groups is 1. The molecule has 102 valence electrons. The van der Waals surface area contributed by atoms with Crippen LogP contribution in [0, 0.1) is 17.2 Å². The van der Waals surface area contributed by atoms with Crippen LogP contribution in [0.1, 0.15) is 57.8 Å². The fourth-order valence-electron chi connectivity index (χ4n) is 3.43. The van der Waals surface area contributed by atoms with Crippen molar-refractivity contribution in [2.24, 2.45) is 5.92 Å². The number of nitrogens with zero attached hydrogens (tertiary/aromatic N) is 1. The molecule has 3 heteroatoms. The number of nitriles is 1. The summed E-state index contributed by atoms with van der Waals surface area (Å²) in [6, 6.07) is 3.68. The van der Waals surface area contributed by atoms with E-state index in [9.17, 15) is 5.26 Å². The van der Waals surface area contributed by atoms with E-state index in [0.717, 1.165) is 11.7 Å². The van der Waals surface area contributed by atoms with Gasteiger partial charge in [-0.25, -0.2) is 0 Å². The van der Waals surface area contributed by atoms with E-state index in [-0.39, 0.29) is 5.92 Å². The van der Waals surface area contributed by atoms with Crippen molar-refractivity contribution >= 4 is 11.8 Å². The van der Waals surface area contributed by atoms with Gasteiger partial charge in [-0.2, -0.15) is 17.0 Å². The van der Waals surface area contributed by atoms with E-state index in [1.165, 1.54) is 51.4 Å². The third-order valence-corrected chi connectivity index (χ3v) is 5.78. The monoisotopic (exact) mass is 266 g/mol. The molecular formula is C15H26N2S. The van der Waals surface area contributed by atoms with Crippen molar-refractivity contribution < 1.29 is 0 Å². The summed E-state index contributed by atoms with van der Waals surface area (Å²) in [5.41, 5.74) is 0. The lowest BCUT2D eigenvalue weighted by atomic mass is 9.90. The Morgan fingerprint density at radius 2 is 1.72 bits per heavy atom. The molecule has 2 fully saturated rings. The standard InChI is InChI=1S/C15H26N2S/c1-18-14-9-7-13(8-10-14)17-15-6-4-2-3-5-12(15)11-16/h12-15,17H,2-10H2,1H3. The minimum Gasteiger partial charge on any atom is -0.310 e. The van der Waals surface area contributed by atoms with Crippen LogP contribution in [0.4, 0.5) is 0 Å². The Kier molecular flexibility index (Phi) is 5.85. The van der Waals surface area contributed by atoms with Gasteiger partial charge in [0.15, 0.2) is 0 Å². The number of hydrogen-bond acceptors (Lipinski definition) is 3. The highest BCUT2D eigenvalue weighted by molar-refractivity contribution is 7.99. The van der Waals surface area contributed by atoms with E-state index in [1.54, 1.807) is 0 Å². The number of nitrogens with one attached hydrogen (secondary N) is 1. The van der Waals surface area contributed by atoms with Gasteiger partial charge in [-0.3, -0.25) is 0 Å². The molecule has 18 heavy (non-hydrogen) atoms. The number of rotatable bonds is 3. The molecule has 2 unspecified atom stereocenters. The average Bonchev–Trinajstić information content (AvgIpc) is 2.64. The van der Waals surface area contributed by atoms with E-state index >= 15 is 0 Å². The molecule has 2 atom stereocenters. The van der Waals surface area contributed by atoms with Gasteiger partial charge in [0.05, 0.1) is 12.0 Å². The maximum atomic E-state index is 9.30. The van der Waals surface area contributed by atoms with Crippen molar-refractivity contribution in [2.45, 2.75) is 75.1 Å². The summed E-state index contributed by atoms with van der Waals surface area (Å²) < 4.78 is 0. The first-order chi connectivity index (χ1) is 8.83. The van der Waals surface area contributed by atoms with Crippen LogP contribution in [0.25, 0.3) is 0 Å². The van der Waals surface area contributed by atoms with Crippen LogP contribution in [0.3, 0.4) is 0 Å². The van der Waals surface area contributed by atoms with Crippen LogP contribution in [0.5, 0.6) is 0 Å². The third kappa shape index (κ3) is 3.90. The summed E-state index contributed by atoms with van der Waals surface area (Å²) in [5, 5.41) is 14.0. The molecule has 0 heterocycles. The molecule has 2 saturated carbocycles. The van der Waals surface area contributed by atoms with E-state index in [2.05, 4.69) is 17.6 Å². The highest BCUT2D eigenvalue weighted by Crippen LogP contribution is 2.29. The minimum absolute atomic E-state index is 0.255. The smallest absolute Gasteiger partial charge is 0.0672 e. The van der Waals surface area contributed by atoms with Crippen LogP contribution in [-0.2, 0) is 0 Å². The Hall–Kier alpha value is -0.200. The Morgan fingerprint density at radius 3 is 2.39 bits per heavy atom. The van der Waals surface area contributed by atoms with Gasteiger partial charge in [0.1, 0.15) is 0 Å². The fraction of sp³-hybridized carbons (Fsp3) is 0.933. The predicted octanol–water partition coefficient (Wildman–Crippen LogP) is 3.72. The van der Waals surface area contributed by atoms with Crippen LogP contribution in [-0.4, -0.2) is 23.6 Å². The van der Waals surface area contributed by atoms with Crippen molar-refractivity contribution in [1.29, 1.82) is 5.26 Å². The molecule has 0 bridgehead atoms. The second kappa shape index (κ2) is 7.40. The van der Waals surface area contributed by atoms with Gasteiger partial charge in [0, 0.05) is 17.3 Å². The average molecular weight is 266 g/mol. The summed E-state index contributed by atoms with van der Waals surface area (Å²) in [7, 11) is 0. The molecule has 0 radical (unpaired) electrons. The number of hydrogen-bond donors (Lipinski definition) is 1. The topological polar surface area (TPSA) is 35.8 Å². The summed E-state index contributed by atoms with van der Waals surface area (Å²) in [5.74, 6) is 0.255. The highest BCUT2D eigenvalue weighted by atomic mass is 32.2. The van der Waals surface area contributed by atoms with Crippen molar-refractivity contribution in [3.8, 4) is 6.07 Å². The van der Waals surface area contributed by atoms with Crippen LogP contribution in [0.2, 0.25) is 0 Å². The van der Waals surface area contributed by atoms with Crippen molar-refractivity contribution in [1.82, 2.24) is 5.32 Å². The van der Waals surface area contributed by atoms with Gasteiger partial charge in [-0.05, 0) is 44.8 Å². The summed E-state index contributed by atoms with van der Waals surface area (Å²) in [4.78, 5) is 0. The first kappa shape index (κ1) is 14.2.